The van der Waals surface area contributed by atoms with Crippen LogP contribution in [0.4, 0.5) is 11.4 Å². The Kier molecular flexibility index (Phi) is 9.73. The zero-order chi connectivity index (χ0) is 50.6. The molecule has 0 spiro atoms. The maximum Gasteiger partial charge on any atom is 0.295 e. The summed E-state index contributed by atoms with van der Waals surface area (Å²) in [5.41, 5.74) is 3.50. The molecule has 0 aliphatic carbocycles. The lowest BCUT2D eigenvalue weighted by molar-refractivity contribution is 0.412. The van der Waals surface area contributed by atoms with Gasteiger partial charge in [0.15, 0.2) is 0 Å². The van der Waals surface area contributed by atoms with Gasteiger partial charge in [-0.3, -0.25) is 22.8 Å². The van der Waals surface area contributed by atoms with Gasteiger partial charge < -0.3 is 4.74 Å². The van der Waals surface area contributed by atoms with Crippen molar-refractivity contribution in [2.45, 2.75) is 31.4 Å². The number of nitrogens with zero attached hydrogens (tertiary/aromatic N) is 8. The molecule has 4 heterocycles. The fraction of sp³-hybridized carbons (Fsp3) is 0.0476. The van der Waals surface area contributed by atoms with Crippen LogP contribution in [-0.4, -0.2) is 100 Å². The maximum atomic E-state index is 12.7. The van der Waals surface area contributed by atoms with Crippen LogP contribution < -0.4 is 4.74 Å². The summed E-state index contributed by atoms with van der Waals surface area (Å²) in [4.78, 5) is 0.567. The molecule has 7 aromatic carbocycles. The number of rotatable bonds is 12. The number of hydrogen-bond acceptors (Lipinski definition) is 13. The van der Waals surface area contributed by atoms with E-state index in [4.69, 9.17) is 4.74 Å². The third-order valence-corrected chi connectivity index (χ3v) is 16.3. The highest BCUT2D eigenvalue weighted by atomic mass is 32.2. The smallest absolute Gasteiger partial charge is 0.295 e. The molecule has 0 amide bonds. The van der Waals surface area contributed by atoms with E-state index in [-0.39, 0.29) is 43.9 Å². The highest BCUT2D eigenvalue weighted by Gasteiger charge is 2.32. The highest BCUT2D eigenvalue weighted by Crippen LogP contribution is 2.41. The van der Waals surface area contributed by atoms with Crippen molar-refractivity contribution in [1.29, 1.82) is 0 Å². The van der Waals surface area contributed by atoms with Crippen molar-refractivity contribution in [2.75, 3.05) is 7.11 Å². The minimum absolute atomic E-state index is 0.0266. The summed E-state index contributed by atoms with van der Waals surface area (Å²) < 4.78 is 185. The summed E-state index contributed by atoms with van der Waals surface area (Å²) in [7, 11) is -22.5. The predicted molar refractivity (Wildman–Crippen MR) is 253 cm³/mol. The van der Waals surface area contributed by atoms with Gasteiger partial charge in [0.05, 0.1) is 34.0 Å². The number of ether oxygens (including phenoxy) is 1. The lowest BCUT2D eigenvalue weighted by Gasteiger charge is -2.09. The molecule has 11 aromatic rings. The van der Waals surface area contributed by atoms with Gasteiger partial charge in [0.25, 0.3) is 50.6 Å². The predicted octanol–water partition coefficient (Wildman–Crippen LogP) is 6.60. The van der Waals surface area contributed by atoms with Crippen LogP contribution >= 0.6 is 0 Å². The van der Waals surface area contributed by atoms with E-state index in [0.29, 0.717) is 49.8 Å². The molecule has 0 saturated heterocycles. The van der Waals surface area contributed by atoms with Gasteiger partial charge in [-0.15, -0.1) is 23.3 Å². The lowest BCUT2D eigenvalue weighted by atomic mass is 10.1. The zero-order valence-corrected chi connectivity index (χ0v) is 39.9. The largest absolute Gasteiger partial charge is 0.494 e. The lowest BCUT2D eigenvalue weighted by Crippen LogP contribution is -2.04. The fourth-order valence-electron chi connectivity index (χ4n) is 8.60. The number of aryl methyl sites for hydroxylation is 1. The molecule has 0 fully saturated rings. The molecule has 0 radical (unpaired) electrons. The molecule has 0 aliphatic heterocycles. The van der Waals surface area contributed by atoms with Gasteiger partial charge in [0, 0.05) is 22.2 Å². The van der Waals surface area contributed by atoms with Gasteiger partial charge >= 0.3 is 0 Å². The first-order valence-corrected chi connectivity index (χ1v) is 27.4. The van der Waals surface area contributed by atoms with Crippen LogP contribution in [0.2, 0.25) is 0 Å². The third-order valence-electron chi connectivity index (χ3n) is 11.9. The van der Waals surface area contributed by atoms with E-state index in [1.807, 2.05) is 0 Å². The Morgan fingerprint density at radius 3 is 1.70 bits per heavy atom. The molecule has 29 heteroatoms. The van der Waals surface area contributed by atoms with Gasteiger partial charge in [-0.05, 0) is 95.7 Å². The minimum atomic E-state index is -4.94. The number of methoxy groups -OCH3 is 1. The van der Waals surface area contributed by atoms with Crippen LogP contribution in [0.5, 0.6) is 5.75 Å². The van der Waals surface area contributed by atoms with Crippen molar-refractivity contribution in [3.63, 3.8) is 0 Å². The van der Waals surface area contributed by atoms with E-state index in [1.165, 1.54) is 73.9 Å². The van der Waals surface area contributed by atoms with E-state index >= 15 is 0 Å². The summed E-state index contributed by atoms with van der Waals surface area (Å²) in [6.45, 7) is 1.68. The van der Waals surface area contributed by atoms with Crippen LogP contribution in [-0.2, 0) is 50.6 Å². The number of benzene rings is 7. The second-order valence-corrected chi connectivity index (χ2v) is 23.2. The van der Waals surface area contributed by atoms with E-state index in [1.54, 1.807) is 59.3 Å². The van der Waals surface area contributed by atoms with Crippen molar-refractivity contribution in [1.82, 2.24) is 28.1 Å². The highest BCUT2D eigenvalue weighted by molar-refractivity contribution is 7.87. The number of aromatic nitrogens is 6. The Balaban J connectivity index is 0.891. The van der Waals surface area contributed by atoms with Gasteiger partial charge in [0.2, 0.25) is 0 Å². The first-order chi connectivity index (χ1) is 33.2. The zero-order valence-electron chi connectivity index (χ0n) is 35.8. The Hall–Kier alpha value is -7.45. The van der Waals surface area contributed by atoms with Gasteiger partial charge in [0.1, 0.15) is 48.2 Å². The first kappa shape index (κ1) is 46.0. The Morgan fingerprint density at radius 2 is 1.07 bits per heavy atom. The molecule has 0 unspecified atom stereocenters. The fourth-order valence-corrected chi connectivity index (χ4v) is 11.7. The quantitative estimate of drug-likeness (QED) is 0.0489. The summed E-state index contributed by atoms with van der Waals surface area (Å²) in [6, 6.07) is 22.9. The first-order valence-electron chi connectivity index (χ1n) is 20.2. The van der Waals surface area contributed by atoms with E-state index in [2.05, 4.69) is 10.2 Å². The molecule has 11 rings (SSSR count). The van der Waals surface area contributed by atoms with Crippen molar-refractivity contribution in [3.05, 3.63) is 120 Å². The summed E-state index contributed by atoms with van der Waals surface area (Å²) in [5.74, 6) is 0.240. The topological polar surface area (TPSA) is 333 Å². The number of hydrogen-bond donors (Lipinski definition) is 5. The van der Waals surface area contributed by atoms with E-state index < -0.39 is 70.2 Å². The van der Waals surface area contributed by atoms with Gasteiger partial charge in [-0.1, -0.05) is 42.5 Å². The van der Waals surface area contributed by atoms with Crippen LogP contribution in [0.1, 0.15) is 16.7 Å². The summed E-state index contributed by atoms with van der Waals surface area (Å²) in [5, 5.41) is 9.70. The average molecular weight is 1060 g/mol. The second-order valence-electron chi connectivity index (χ2n) is 16.2. The maximum absolute atomic E-state index is 12.7. The third kappa shape index (κ3) is 7.44. The molecular weight excluding hydrogens is 1030 g/mol. The van der Waals surface area contributed by atoms with Gasteiger partial charge in [-0.25, -0.2) is 0 Å². The second kappa shape index (κ2) is 15.0. The molecule has 5 N–H and O–H groups in total. The minimum Gasteiger partial charge on any atom is -0.494 e. The molecular formula is C42H30N8O16S5. The molecule has 71 heavy (non-hydrogen) atoms. The molecule has 0 aliphatic rings. The van der Waals surface area contributed by atoms with Crippen LogP contribution in [0.25, 0.3) is 67.1 Å². The Morgan fingerprint density at radius 1 is 0.493 bits per heavy atom. The molecule has 364 valence electrons. The normalized spacial score (nSPS) is 13.7. The van der Waals surface area contributed by atoms with Crippen molar-refractivity contribution >= 4 is 118 Å². The average Bonchev–Trinajstić information content (AvgIpc) is 4.15. The number of fused-ring (bicyclic) bond motifs is 12. The molecule has 0 atom stereocenters. The van der Waals surface area contributed by atoms with Crippen LogP contribution in [0, 0.1) is 6.92 Å². The Labute approximate surface area is 399 Å². The van der Waals surface area contributed by atoms with Crippen molar-refractivity contribution < 1.29 is 69.6 Å². The molecule has 0 bridgehead atoms. The standard InChI is InChI=1S/C42H30N8O16S5/c1-22-15-35(47-48-36-21-40(71(63,64)65)32-19-29(68(54,55)56)11-13-31(32)42(36)50(47)48)37(66-2)20-33(22)44-43-26-8-5-23(38(17-26)69(57,58)59)3-4-24-6-9-27(18-39(24)70(60,61)62)45-46-34-14-7-25-16-28(67(51,52)53)10-12-30(25)41(34)49(45)46/h3-21H,1-2H3,(H,51,52,53)(H,54,55,56)(H,57,58,59)(H,60,61,62)(H,63,64,65)/b4-3-,44-43?. The molecule has 4 aromatic heterocycles. The SMILES string of the molecule is COc1cc(N=Nc2ccc(/C=C\c3ccc(-n4n5c6ccc7cc(S(=O)(=O)O)ccc7c6n45)cc3S(=O)(=O)O)c(S(=O)(=O)O)c2)c(C)cc1-n1n2c3cc(S(=O)(=O)O)c4cc(S(=O)(=O)O)ccc4c3n12. The van der Waals surface area contributed by atoms with E-state index in [9.17, 15) is 64.9 Å². The molecule has 0 saturated carbocycles. The van der Waals surface area contributed by atoms with E-state index in [0.717, 1.165) is 24.3 Å². The molecule has 24 nitrogen and oxygen atoms in total. The summed E-state index contributed by atoms with van der Waals surface area (Å²) in [6.07, 6.45) is 2.44. The van der Waals surface area contributed by atoms with Crippen LogP contribution in [0.3, 0.4) is 0 Å². The van der Waals surface area contributed by atoms with Gasteiger partial charge in [-0.2, -0.15) is 57.1 Å². The monoisotopic (exact) mass is 1060 g/mol. The van der Waals surface area contributed by atoms with Crippen molar-refractivity contribution in [3.8, 4) is 17.1 Å². The Bertz CT molecular complexity index is 4780. The summed E-state index contributed by atoms with van der Waals surface area (Å²) >= 11 is 0. The van der Waals surface area contributed by atoms with Crippen molar-refractivity contribution in [2.24, 2.45) is 10.2 Å². The van der Waals surface area contributed by atoms with Crippen LogP contribution in [0.15, 0.2) is 138 Å². The number of azo groups is 1.